The summed E-state index contributed by atoms with van der Waals surface area (Å²) in [6.45, 7) is 3.27. The van der Waals surface area contributed by atoms with Crippen LogP contribution in [0.15, 0.2) is 0 Å². The molecule has 0 amide bonds. The van der Waals surface area contributed by atoms with Crippen molar-refractivity contribution in [2.45, 2.75) is 76.0 Å². The van der Waals surface area contributed by atoms with Gasteiger partial charge in [-0.3, -0.25) is 4.90 Å². The first-order valence-corrected chi connectivity index (χ1v) is 8.38. The van der Waals surface area contributed by atoms with E-state index in [1.807, 2.05) is 0 Å². The van der Waals surface area contributed by atoms with Crippen LogP contribution in [0.4, 0.5) is 0 Å². The summed E-state index contributed by atoms with van der Waals surface area (Å²) in [7, 11) is 0. The maximum Gasteiger partial charge on any atom is 0.0702 e. The summed E-state index contributed by atoms with van der Waals surface area (Å²) in [5, 5.41) is 10.3. The molecule has 2 heterocycles. The van der Waals surface area contributed by atoms with Gasteiger partial charge in [-0.05, 0) is 51.5 Å². The van der Waals surface area contributed by atoms with Crippen molar-refractivity contribution < 1.29 is 9.84 Å². The third-order valence-corrected chi connectivity index (χ3v) is 5.40. The molecular formula is C16H29NO2. The standard InChI is InChI=1S/C16H29NO2/c18-16-9-2-1-7-14(16)15-8-5-10-17(15)12-13-6-3-4-11-19-13/h13-16,18H,1-12H2. The molecule has 0 radical (unpaired) electrons. The van der Waals surface area contributed by atoms with Crippen molar-refractivity contribution in [2.24, 2.45) is 5.92 Å². The van der Waals surface area contributed by atoms with E-state index in [1.165, 1.54) is 57.9 Å². The van der Waals surface area contributed by atoms with Gasteiger partial charge in [-0.2, -0.15) is 0 Å². The average Bonchev–Trinajstić information content (AvgIpc) is 2.88. The van der Waals surface area contributed by atoms with Gasteiger partial charge in [0.1, 0.15) is 0 Å². The van der Waals surface area contributed by atoms with E-state index in [0.29, 0.717) is 18.1 Å². The summed E-state index contributed by atoms with van der Waals surface area (Å²) in [4.78, 5) is 2.63. The van der Waals surface area contributed by atoms with Gasteiger partial charge in [0.15, 0.2) is 0 Å². The molecule has 0 aromatic rings. The summed E-state index contributed by atoms with van der Waals surface area (Å²) in [6, 6.07) is 0.626. The topological polar surface area (TPSA) is 32.7 Å². The molecule has 3 nitrogen and oxygen atoms in total. The van der Waals surface area contributed by atoms with Gasteiger partial charge in [0.05, 0.1) is 12.2 Å². The summed E-state index contributed by atoms with van der Waals surface area (Å²) in [6.07, 6.45) is 11.6. The average molecular weight is 267 g/mol. The Labute approximate surface area is 117 Å². The zero-order chi connectivity index (χ0) is 13.1. The smallest absolute Gasteiger partial charge is 0.0702 e. The highest BCUT2D eigenvalue weighted by Crippen LogP contribution is 2.35. The molecule has 3 fully saturated rings. The molecule has 0 aromatic heterocycles. The highest BCUT2D eigenvalue weighted by Gasteiger charge is 2.37. The third kappa shape index (κ3) is 3.32. The van der Waals surface area contributed by atoms with E-state index >= 15 is 0 Å². The van der Waals surface area contributed by atoms with Crippen LogP contribution in [0, 0.1) is 5.92 Å². The SMILES string of the molecule is OC1CCCCC1C1CCCN1CC1CCCCO1. The van der Waals surface area contributed by atoms with Crippen molar-refractivity contribution in [1.29, 1.82) is 0 Å². The summed E-state index contributed by atoms with van der Waals surface area (Å²) in [5.74, 6) is 0.528. The number of likely N-dealkylation sites (tertiary alicyclic amines) is 1. The quantitative estimate of drug-likeness (QED) is 0.853. The summed E-state index contributed by atoms with van der Waals surface area (Å²) < 4.78 is 5.90. The second-order valence-electron chi connectivity index (χ2n) is 6.71. The van der Waals surface area contributed by atoms with Crippen LogP contribution < -0.4 is 0 Å². The first-order chi connectivity index (χ1) is 9.34. The van der Waals surface area contributed by atoms with Crippen molar-refractivity contribution >= 4 is 0 Å². The molecule has 0 spiro atoms. The van der Waals surface area contributed by atoms with Crippen LogP contribution in [-0.2, 0) is 4.74 Å². The van der Waals surface area contributed by atoms with E-state index < -0.39 is 0 Å². The molecule has 0 aromatic carbocycles. The van der Waals surface area contributed by atoms with Crippen molar-refractivity contribution in [3.8, 4) is 0 Å². The monoisotopic (exact) mass is 267 g/mol. The molecule has 3 aliphatic rings. The summed E-state index contributed by atoms with van der Waals surface area (Å²) in [5.41, 5.74) is 0. The van der Waals surface area contributed by atoms with Gasteiger partial charge >= 0.3 is 0 Å². The van der Waals surface area contributed by atoms with Crippen molar-refractivity contribution in [1.82, 2.24) is 4.90 Å². The van der Waals surface area contributed by atoms with E-state index in [4.69, 9.17) is 4.74 Å². The van der Waals surface area contributed by atoms with Gasteiger partial charge in [-0.25, -0.2) is 0 Å². The van der Waals surface area contributed by atoms with Gasteiger partial charge < -0.3 is 9.84 Å². The maximum atomic E-state index is 10.3. The Morgan fingerprint density at radius 2 is 1.79 bits per heavy atom. The van der Waals surface area contributed by atoms with Crippen LogP contribution in [0.25, 0.3) is 0 Å². The van der Waals surface area contributed by atoms with Crippen LogP contribution >= 0.6 is 0 Å². The lowest BCUT2D eigenvalue weighted by Gasteiger charge is -2.39. The van der Waals surface area contributed by atoms with Crippen LogP contribution in [0.1, 0.15) is 57.8 Å². The van der Waals surface area contributed by atoms with Crippen LogP contribution in [0.3, 0.4) is 0 Å². The van der Waals surface area contributed by atoms with E-state index in [0.717, 1.165) is 19.6 Å². The number of hydrogen-bond acceptors (Lipinski definition) is 3. The fourth-order valence-corrected chi connectivity index (χ4v) is 4.37. The minimum absolute atomic E-state index is 0.0494. The molecule has 1 N–H and O–H groups in total. The van der Waals surface area contributed by atoms with Gasteiger partial charge in [-0.1, -0.05) is 12.8 Å². The minimum atomic E-state index is -0.0494. The van der Waals surface area contributed by atoms with Crippen molar-refractivity contribution in [2.75, 3.05) is 19.7 Å². The molecule has 110 valence electrons. The number of ether oxygens (including phenoxy) is 1. The molecule has 4 atom stereocenters. The second-order valence-corrected chi connectivity index (χ2v) is 6.71. The van der Waals surface area contributed by atoms with Crippen molar-refractivity contribution in [3.05, 3.63) is 0 Å². The molecule has 2 saturated heterocycles. The van der Waals surface area contributed by atoms with Crippen LogP contribution in [0.2, 0.25) is 0 Å². The predicted molar refractivity (Wildman–Crippen MR) is 76.2 cm³/mol. The third-order valence-electron chi connectivity index (χ3n) is 5.40. The molecule has 1 aliphatic carbocycles. The van der Waals surface area contributed by atoms with Gasteiger partial charge in [0, 0.05) is 25.1 Å². The minimum Gasteiger partial charge on any atom is -0.393 e. The number of aliphatic hydroxyl groups is 1. The molecular weight excluding hydrogens is 238 g/mol. The zero-order valence-electron chi connectivity index (χ0n) is 12.1. The molecule has 1 saturated carbocycles. The van der Waals surface area contributed by atoms with E-state index in [1.54, 1.807) is 0 Å². The Hall–Kier alpha value is -0.120. The van der Waals surface area contributed by atoms with Gasteiger partial charge in [-0.15, -0.1) is 0 Å². The maximum absolute atomic E-state index is 10.3. The van der Waals surface area contributed by atoms with E-state index in [9.17, 15) is 5.11 Å². The lowest BCUT2D eigenvalue weighted by molar-refractivity contribution is -0.0277. The molecule has 0 bridgehead atoms. The Morgan fingerprint density at radius 1 is 0.947 bits per heavy atom. The Bertz CT molecular complexity index is 278. The number of hydrogen-bond donors (Lipinski definition) is 1. The fraction of sp³-hybridized carbons (Fsp3) is 1.00. The van der Waals surface area contributed by atoms with Crippen LogP contribution in [0.5, 0.6) is 0 Å². The largest absolute Gasteiger partial charge is 0.393 e. The lowest BCUT2D eigenvalue weighted by Crippen LogP contribution is -2.46. The summed E-state index contributed by atoms with van der Waals surface area (Å²) >= 11 is 0. The lowest BCUT2D eigenvalue weighted by atomic mass is 9.80. The van der Waals surface area contributed by atoms with E-state index in [2.05, 4.69) is 4.90 Å². The Balaban J connectivity index is 1.57. The predicted octanol–water partition coefficient (Wildman–Crippen LogP) is 2.57. The van der Waals surface area contributed by atoms with Crippen molar-refractivity contribution in [3.63, 3.8) is 0 Å². The van der Waals surface area contributed by atoms with Gasteiger partial charge in [0.25, 0.3) is 0 Å². The number of rotatable bonds is 3. The van der Waals surface area contributed by atoms with Crippen LogP contribution in [-0.4, -0.2) is 48.0 Å². The highest BCUT2D eigenvalue weighted by molar-refractivity contribution is 4.91. The Kier molecular flexibility index (Phi) is 4.78. The van der Waals surface area contributed by atoms with E-state index in [-0.39, 0.29) is 6.10 Å². The first kappa shape index (κ1) is 13.8. The normalized spacial score (nSPS) is 41.5. The first-order valence-electron chi connectivity index (χ1n) is 8.38. The molecule has 4 unspecified atom stereocenters. The zero-order valence-corrected chi connectivity index (χ0v) is 12.1. The molecule has 3 rings (SSSR count). The number of nitrogens with zero attached hydrogens (tertiary/aromatic N) is 1. The fourth-order valence-electron chi connectivity index (χ4n) is 4.37. The highest BCUT2D eigenvalue weighted by atomic mass is 16.5. The molecule has 19 heavy (non-hydrogen) atoms. The molecule has 2 aliphatic heterocycles. The number of aliphatic hydroxyl groups excluding tert-OH is 1. The second kappa shape index (κ2) is 6.55. The van der Waals surface area contributed by atoms with Gasteiger partial charge in [0.2, 0.25) is 0 Å². The molecule has 3 heteroatoms. The Morgan fingerprint density at radius 3 is 2.58 bits per heavy atom.